The Labute approximate surface area is 135 Å². The van der Waals surface area contributed by atoms with Crippen LogP contribution in [0.15, 0.2) is 0 Å². The number of amides is 1. The van der Waals surface area contributed by atoms with Crippen LogP contribution in [0.5, 0.6) is 0 Å². The van der Waals surface area contributed by atoms with Gasteiger partial charge in [0.25, 0.3) is 0 Å². The lowest BCUT2D eigenvalue weighted by atomic mass is 9.85. The summed E-state index contributed by atoms with van der Waals surface area (Å²) in [5.74, 6) is 0.626. The molecule has 0 radical (unpaired) electrons. The van der Waals surface area contributed by atoms with Gasteiger partial charge in [-0.3, -0.25) is 9.69 Å². The molecule has 2 N–H and O–H groups in total. The second kappa shape index (κ2) is 9.08. The van der Waals surface area contributed by atoms with Crippen LogP contribution < -0.4 is 5.73 Å². The van der Waals surface area contributed by atoms with Gasteiger partial charge in [0, 0.05) is 44.2 Å². The third kappa shape index (κ3) is 5.06. The van der Waals surface area contributed by atoms with Crippen molar-refractivity contribution < 1.29 is 4.79 Å². The quantitative estimate of drug-likeness (QED) is 0.843. The average Bonchev–Trinajstić information content (AvgIpc) is 2.39. The Morgan fingerprint density at radius 2 is 1.50 bits per heavy atom. The van der Waals surface area contributed by atoms with Gasteiger partial charge in [0.05, 0.1) is 0 Å². The standard InChI is InChI=1S/C14H27N3O.2ClH/c1-11(2)16-7-9-17(10-8-16)14(18)12-3-5-13(15)6-4-12;;/h11-13H,3-10,15H2,1-2H3;2*1H. The predicted molar refractivity (Wildman–Crippen MR) is 87.7 cm³/mol. The fourth-order valence-corrected chi connectivity index (χ4v) is 3.08. The number of carbonyl (C=O) groups is 1. The van der Waals surface area contributed by atoms with Crippen LogP contribution in [0.2, 0.25) is 0 Å². The molecule has 120 valence electrons. The molecule has 1 amide bonds. The zero-order valence-electron chi connectivity index (χ0n) is 12.6. The van der Waals surface area contributed by atoms with Gasteiger partial charge < -0.3 is 10.6 Å². The Morgan fingerprint density at radius 3 is 1.95 bits per heavy atom. The van der Waals surface area contributed by atoms with Crippen molar-refractivity contribution in [2.45, 2.75) is 51.6 Å². The molecule has 1 aliphatic carbocycles. The highest BCUT2D eigenvalue weighted by Crippen LogP contribution is 2.25. The summed E-state index contributed by atoms with van der Waals surface area (Å²) < 4.78 is 0. The SMILES string of the molecule is CC(C)N1CCN(C(=O)C2CCC(N)CC2)CC1.Cl.Cl. The Kier molecular flexibility index (Phi) is 9.07. The maximum Gasteiger partial charge on any atom is 0.225 e. The van der Waals surface area contributed by atoms with Crippen molar-refractivity contribution in [1.82, 2.24) is 9.80 Å². The summed E-state index contributed by atoms with van der Waals surface area (Å²) >= 11 is 0. The van der Waals surface area contributed by atoms with E-state index < -0.39 is 0 Å². The Hall–Kier alpha value is -0.0300. The van der Waals surface area contributed by atoms with Crippen molar-refractivity contribution in [2.24, 2.45) is 11.7 Å². The van der Waals surface area contributed by atoms with E-state index in [4.69, 9.17) is 5.73 Å². The number of rotatable bonds is 2. The van der Waals surface area contributed by atoms with Gasteiger partial charge in [-0.2, -0.15) is 0 Å². The first-order chi connectivity index (χ1) is 8.58. The van der Waals surface area contributed by atoms with E-state index in [-0.39, 0.29) is 30.7 Å². The molecule has 0 atom stereocenters. The third-order valence-electron chi connectivity index (χ3n) is 4.48. The van der Waals surface area contributed by atoms with Crippen LogP contribution in [0.1, 0.15) is 39.5 Å². The second-order valence-electron chi connectivity index (χ2n) is 6.07. The minimum absolute atomic E-state index is 0. The normalized spacial score (nSPS) is 27.7. The van der Waals surface area contributed by atoms with E-state index in [1.165, 1.54) is 0 Å². The fourth-order valence-electron chi connectivity index (χ4n) is 3.08. The van der Waals surface area contributed by atoms with E-state index in [9.17, 15) is 4.79 Å². The molecule has 0 aromatic rings. The zero-order valence-corrected chi connectivity index (χ0v) is 14.2. The van der Waals surface area contributed by atoms with Crippen molar-refractivity contribution in [3.8, 4) is 0 Å². The zero-order chi connectivity index (χ0) is 13.1. The molecule has 1 saturated heterocycles. The van der Waals surface area contributed by atoms with Gasteiger partial charge in [-0.1, -0.05) is 0 Å². The van der Waals surface area contributed by atoms with Gasteiger partial charge in [0.1, 0.15) is 0 Å². The van der Waals surface area contributed by atoms with Gasteiger partial charge in [0.2, 0.25) is 5.91 Å². The van der Waals surface area contributed by atoms with E-state index in [1.54, 1.807) is 0 Å². The number of carbonyl (C=O) groups excluding carboxylic acids is 1. The lowest BCUT2D eigenvalue weighted by molar-refractivity contribution is -0.138. The van der Waals surface area contributed by atoms with E-state index in [2.05, 4.69) is 23.6 Å². The lowest BCUT2D eigenvalue weighted by Crippen LogP contribution is -2.52. The van der Waals surface area contributed by atoms with Crippen LogP contribution in [0.4, 0.5) is 0 Å². The summed E-state index contributed by atoms with van der Waals surface area (Å²) in [6, 6.07) is 0.918. The van der Waals surface area contributed by atoms with Gasteiger partial charge in [-0.25, -0.2) is 0 Å². The van der Waals surface area contributed by atoms with E-state index in [0.717, 1.165) is 51.9 Å². The molecular weight excluding hydrogens is 297 g/mol. The van der Waals surface area contributed by atoms with Gasteiger partial charge in [0.15, 0.2) is 0 Å². The van der Waals surface area contributed by atoms with Gasteiger partial charge >= 0.3 is 0 Å². The highest BCUT2D eigenvalue weighted by molar-refractivity contribution is 5.85. The van der Waals surface area contributed by atoms with Crippen LogP contribution in [0, 0.1) is 5.92 Å². The minimum Gasteiger partial charge on any atom is -0.340 e. The molecule has 0 aromatic heterocycles. The highest BCUT2D eigenvalue weighted by Gasteiger charge is 2.30. The molecule has 2 fully saturated rings. The number of nitrogens with two attached hydrogens (primary N) is 1. The maximum atomic E-state index is 12.4. The topological polar surface area (TPSA) is 49.6 Å². The van der Waals surface area contributed by atoms with Crippen molar-refractivity contribution in [3.05, 3.63) is 0 Å². The smallest absolute Gasteiger partial charge is 0.225 e. The molecule has 6 heteroatoms. The highest BCUT2D eigenvalue weighted by atomic mass is 35.5. The fraction of sp³-hybridized carbons (Fsp3) is 0.929. The number of nitrogens with zero attached hydrogens (tertiary/aromatic N) is 2. The molecular formula is C14H29Cl2N3O. The summed E-state index contributed by atoms with van der Waals surface area (Å²) in [6.07, 6.45) is 4.01. The molecule has 1 heterocycles. The lowest BCUT2D eigenvalue weighted by Gasteiger charge is -2.39. The number of hydrogen-bond donors (Lipinski definition) is 1. The summed E-state index contributed by atoms with van der Waals surface area (Å²) in [7, 11) is 0. The monoisotopic (exact) mass is 325 g/mol. The average molecular weight is 326 g/mol. The Bertz CT molecular complexity index is 286. The summed E-state index contributed by atoms with van der Waals surface area (Å²) in [6.45, 7) is 8.30. The van der Waals surface area contributed by atoms with Crippen LogP contribution >= 0.6 is 24.8 Å². The van der Waals surface area contributed by atoms with E-state index in [1.807, 2.05) is 0 Å². The first kappa shape index (κ1) is 20.0. The van der Waals surface area contributed by atoms with Gasteiger partial charge in [-0.05, 0) is 39.5 Å². The van der Waals surface area contributed by atoms with Crippen molar-refractivity contribution in [2.75, 3.05) is 26.2 Å². The third-order valence-corrected chi connectivity index (χ3v) is 4.48. The molecule has 20 heavy (non-hydrogen) atoms. The molecule has 2 aliphatic rings. The van der Waals surface area contributed by atoms with Crippen molar-refractivity contribution >= 4 is 30.7 Å². The molecule has 0 bridgehead atoms. The maximum absolute atomic E-state index is 12.4. The van der Waals surface area contributed by atoms with Crippen LogP contribution in [-0.2, 0) is 4.79 Å². The van der Waals surface area contributed by atoms with E-state index >= 15 is 0 Å². The van der Waals surface area contributed by atoms with Crippen LogP contribution in [0.25, 0.3) is 0 Å². The van der Waals surface area contributed by atoms with Crippen LogP contribution in [-0.4, -0.2) is 54.0 Å². The predicted octanol–water partition coefficient (Wildman–Crippen LogP) is 1.90. The number of hydrogen-bond acceptors (Lipinski definition) is 3. The molecule has 0 spiro atoms. The first-order valence-corrected chi connectivity index (χ1v) is 7.36. The number of piperazine rings is 1. The Balaban J connectivity index is 0.00000180. The summed E-state index contributed by atoms with van der Waals surface area (Å²) in [5, 5.41) is 0. The molecule has 4 nitrogen and oxygen atoms in total. The number of halogens is 2. The van der Waals surface area contributed by atoms with Crippen molar-refractivity contribution in [1.29, 1.82) is 0 Å². The molecule has 1 saturated carbocycles. The molecule has 1 aliphatic heterocycles. The molecule has 0 aromatic carbocycles. The first-order valence-electron chi connectivity index (χ1n) is 7.36. The largest absolute Gasteiger partial charge is 0.340 e. The molecule has 0 unspecified atom stereocenters. The Morgan fingerprint density at radius 1 is 1.00 bits per heavy atom. The summed E-state index contributed by atoms with van der Waals surface area (Å²) in [4.78, 5) is 16.9. The summed E-state index contributed by atoms with van der Waals surface area (Å²) in [5.41, 5.74) is 5.90. The van der Waals surface area contributed by atoms with E-state index in [0.29, 0.717) is 18.0 Å². The minimum atomic E-state index is 0. The molecule has 2 rings (SSSR count). The second-order valence-corrected chi connectivity index (χ2v) is 6.07. The van der Waals surface area contributed by atoms with Crippen molar-refractivity contribution in [3.63, 3.8) is 0 Å². The van der Waals surface area contributed by atoms with Gasteiger partial charge in [-0.15, -0.1) is 24.8 Å². The van der Waals surface area contributed by atoms with Crippen LogP contribution in [0.3, 0.4) is 0 Å².